The van der Waals surface area contributed by atoms with Crippen LogP contribution in [0, 0.1) is 5.92 Å². The average Bonchev–Trinajstić information content (AvgIpc) is 3.36. The van der Waals surface area contributed by atoms with Crippen LogP contribution in [0.15, 0.2) is 16.6 Å². The molecule has 1 spiro atoms. The summed E-state index contributed by atoms with van der Waals surface area (Å²) >= 11 is 1.02. The fourth-order valence-electron chi connectivity index (χ4n) is 8.55. The Morgan fingerprint density at radius 1 is 0.855 bits per heavy atom. The first-order valence-corrected chi connectivity index (χ1v) is 25.9. The van der Waals surface area contributed by atoms with E-state index in [-0.39, 0.29) is 43.3 Å². The van der Waals surface area contributed by atoms with E-state index in [4.69, 9.17) is 5.73 Å². The lowest BCUT2D eigenvalue weighted by atomic mass is 9.86. The molecular formula is C47H80N12O9S. The molecule has 69 heavy (non-hydrogen) atoms. The van der Waals surface area contributed by atoms with Gasteiger partial charge >= 0.3 is 0 Å². The smallest absolute Gasteiger partial charge is 0.248 e. The SMILES string of the molecule is CN=C(NC)NCCCCCCCCCCCCCCCCC(=O)NC(C)C(=O)NC1CC2(CS/C=C\NC(=O)C3CN(C1=O)C(CC(C)C)C(=O)NCC(=O)N3)NC(=O)C(CCC(N)=O)NC2=O. The fraction of sp³-hybridized carbons (Fsp3) is 0.745. The van der Waals surface area contributed by atoms with E-state index in [1.165, 1.54) is 69.9 Å². The van der Waals surface area contributed by atoms with Crippen LogP contribution in [0.1, 0.15) is 143 Å². The Balaban J connectivity index is 1.64. The van der Waals surface area contributed by atoms with Crippen LogP contribution in [-0.2, 0) is 43.2 Å². The largest absolute Gasteiger partial charge is 0.370 e. The molecule has 21 nitrogen and oxygen atoms in total. The third-order valence-corrected chi connectivity index (χ3v) is 13.4. The Morgan fingerprint density at radius 3 is 2.07 bits per heavy atom. The second-order valence-electron chi connectivity index (χ2n) is 18.7. The first-order chi connectivity index (χ1) is 33.0. The summed E-state index contributed by atoms with van der Waals surface area (Å²) in [6, 6.07) is -6.44. The van der Waals surface area contributed by atoms with Gasteiger partial charge in [0.05, 0.1) is 13.1 Å². The van der Waals surface area contributed by atoms with Gasteiger partial charge in [0.15, 0.2) is 5.96 Å². The van der Waals surface area contributed by atoms with Crippen molar-refractivity contribution in [1.29, 1.82) is 0 Å². The van der Waals surface area contributed by atoms with Gasteiger partial charge in [-0.15, -0.1) is 11.8 Å². The molecule has 0 saturated carbocycles. The van der Waals surface area contributed by atoms with E-state index >= 15 is 4.79 Å². The van der Waals surface area contributed by atoms with E-state index in [0.717, 1.165) is 61.3 Å². The average molecular weight is 989 g/mol. The first-order valence-electron chi connectivity index (χ1n) is 24.8. The molecule has 11 N–H and O–H groups in total. The summed E-state index contributed by atoms with van der Waals surface area (Å²) in [6.07, 6.45) is 16.6. The summed E-state index contributed by atoms with van der Waals surface area (Å²) in [5, 5.41) is 26.3. The van der Waals surface area contributed by atoms with Gasteiger partial charge in [0.2, 0.25) is 53.2 Å². The molecule has 6 atom stereocenters. The predicted octanol–water partition coefficient (Wildman–Crippen LogP) is 0.823. The van der Waals surface area contributed by atoms with Crippen molar-refractivity contribution in [1.82, 2.24) is 52.8 Å². The van der Waals surface area contributed by atoms with Gasteiger partial charge in [-0.25, -0.2) is 0 Å². The van der Waals surface area contributed by atoms with E-state index < -0.39 is 103 Å². The third kappa shape index (κ3) is 20.6. The third-order valence-electron chi connectivity index (χ3n) is 12.5. The Labute approximate surface area is 411 Å². The van der Waals surface area contributed by atoms with Crippen molar-refractivity contribution in [2.45, 2.75) is 179 Å². The number of carbonyl (C=O) groups excluding carboxylic acids is 9. The van der Waals surface area contributed by atoms with Crippen LogP contribution in [0.5, 0.6) is 0 Å². The first kappa shape index (κ1) is 57.9. The molecule has 0 aromatic carbocycles. The molecule has 9 amide bonds. The minimum Gasteiger partial charge on any atom is -0.370 e. The Bertz CT molecular complexity index is 1820. The Kier molecular flexibility index (Phi) is 26.0. The van der Waals surface area contributed by atoms with E-state index in [1.807, 2.05) is 20.9 Å². The number of nitrogens with one attached hydrogen (secondary N) is 9. The van der Waals surface area contributed by atoms with E-state index in [0.29, 0.717) is 6.42 Å². The molecule has 3 aliphatic heterocycles. The van der Waals surface area contributed by atoms with Gasteiger partial charge in [-0.1, -0.05) is 90.9 Å². The molecule has 2 bridgehead atoms. The van der Waals surface area contributed by atoms with E-state index in [9.17, 15) is 38.4 Å². The highest BCUT2D eigenvalue weighted by Gasteiger charge is 2.50. The molecule has 3 aliphatic rings. The number of primary amides is 1. The second kappa shape index (κ2) is 30.9. The van der Waals surface area contributed by atoms with Crippen molar-refractivity contribution >= 4 is 70.9 Å². The molecular weight excluding hydrogens is 909 g/mol. The van der Waals surface area contributed by atoms with Gasteiger partial charge < -0.3 is 58.5 Å². The number of rotatable bonds is 25. The van der Waals surface area contributed by atoms with Crippen LogP contribution in [0.4, 0.5) is 0 Å². The predicted molar refractivity (Wildman–Crippen MR) is 265 cm³/mol. The molecule has 3 rings (SSSR count). The molecule has 388 valence electrons. The van der Waals surface area contributed by atoms with Gasteiger partial charge in [0, 0.05) is 51.9 Å². The summed E-state index contributed by atoms with van der Waals surface area (Å²) in [5.74, 6) is -5.61. The van der Waals surface area contributed by atoms with Crippen molar-refractivity contribution < 1.29 is 43.2 Å². The van der Waals surface area contributed by atoms with Crippen molar-refractivity contribution in [3.63, 3.8) is 0 Å². The number of amides is 9. The van der Waals surface area contributed by atoms with Crippen LogP contribution in [0.25, 0.3) is 0 Å². The lowest BCUT2D eigenvalue weighted by Crippen LogP contribution is -2.73. The zero-order valence-electron chi connectivity index (χ0n) is 41.4. The molecule has 0 aliphatic carbocycles. The topological polar surface area (TPSA) is 304 Å². The number of unbranched alkanes of at least 4 members (excludes halogenated alkanes) is 13. The van der Waals surface area contributed by atoms with Crippen molar-refractivity contribution in [2.75, 3.05) is 39.5 Å². The molecule has 6 unspecified atom stereocenters. The highest BCUT2D eigenvalue weighted by molar-refractivity contribution is 8.02. The lowest BCUT2D eigenvalue weighted by molar-refractivity contribution is -0.147. The summed E-state index contributed by atoms with van der Waals surface area (Å²) in [6.45, 7) is 5.09. The van der Waals surface area contributed by atoms with Gasteiger partial charge in [0.1, 0.15) is 35.7 Å². The van der Waals surface area contributed by atoms with Crippen LogP contribution in [0.2, 0.25) is 0 Å². The van der Waals surface area contributed by atoms with Gasteiger partial charge in [-0.2, -0.15) is 0 Å². The molecule has 3 heterocycles. The maximum Gasteiger partial charge on any atom is 0.248 e. The second-order valence-corrected chi connectivity index (χ2v) is 19.6. The van der Waals surface area contributed by atoms with Crippen LogP contribution in [0.3, 0.4) is 0 Å². The zero-order valence-corrected chi connectivity index (χ0v) is 42.3. The van der Waals surface area contributed by atoms with Gasteiger partial charge in [-0.3, -0.25) is 48.1 Å². The number of thioether (sulfide) groups is 1. The summed E-state index contributed by atoms with van der Waals surface area (Å²) in [4.78, 5) is 127. The van der Waals surface area contributed by atoms with Crippen LogP contribution >= 0.6 is 11.8 Å². The molecule has 0 aromatic rings. The van der Waals surface area contributed by atoms with E-state index in [1.54, 1.807) is 7.05 Å². The monoisotopic (exact) mass is 989 g/mol. The number of fused-ring (bicyclic) bond motifs is 2. The van der Waals surface area contributed by atoms with E-state index in [2.05, 4.69) is 52.8 Å². The molecule has 2 saturated heterocycles. The molecule has 0 radical (unpaired) electrons. The zero-order chi connectivity index (χ0) is 50.8. The number of nitrogens with zero attached hydrogens (tertiary/aromatic N) is 2. The molecule has 2 fully saturated rings. The van der Waals surface area contributed by atoms with Crippen LogP contribution in [-0.4, -0.2) is 139 Å². The lowest BCUT2D eigenvalue weighted by Gasteiger charge is -2.42. The van der Waals surface area contributed by atoms with Crippen molar-refractivity contribution in [3.8, 4) is 0 Å². The normalized spacial score (nSPS) is 23.5. The summed E-state index contributed by atoms with van der Waals surface area (Å²) < 4.78 is 0. The number of nitrogens with two attached hydrogens (primary N) is 1. The van der Waals surface area contributed by atoms with Crippen LogP contribution < -0.4 is 53.6 Å². The highest BCUT2D eigenvalue weighted by atomic mass is 32.2. The Morgan fingerprint density at radius 2 is 1.48 bits per heavy atom. The van der Waals surface area contributed by atoms with Gasteiger partial charge in [-0.05, 0) is 43.9 Å². The minimum atomic E-state index is -1.85. The summed E-state index contributed by atoms with van der Waals surface area (Å²) in [7, 11) is 3.62. The quantitative estimate of drug-likeness (QED) is 0.0346. The number of hydrogen-bond acceptors (Lipinski definition) is 11. The minimum absolute atomic E-state index is 0.0831. The number of hydrogen-bond donors (Lipinski definition) is 10. The number of aliphatic imine (C=N–C) groups is 1. The maximum atomic E-state index is 15.1. The fourth-order valence-corrected chi connectivity index (χ4v) is 9.41. The molecule has 22 heteroatoms. The van der Waals surface area contributed by atoms with Gasteiger partial charge in [0.25, 0.3) is 0 Å². The maximum absolute atomic E-state index is 15.1. The Hall–Kier alpha value is -5.41. The number of piperazine rings is 1. The number of carbonyl (C=O) groups is 9. The van der Waals surface area contributed by atoms with Crippen molar-refractivity contribution in [2.24, 2.45) is 16.6 Å². The summed E-state index contributed by atoms with van der Waals surface area (Å²) in [5.41, 5.74) is 3.46. The van der Waals surface area contributed by atoms with Crippen molar-refractivity contribution in [3.05, 3.63) is 11.6 Å². The standard InChI is InChI=1S/C47H80N12O9S/c1-31(2)26-36-43(66)53-28-39(62)55-35-29-59(36)44(67)34(27-47(30-69-25-24-51-41(35)64)45(68)57-33(42(65)58-47)21-22-37(48)60)56-40(63)32(3)54-38(61)20-18-16-14-12-10-8-6-7-9-11-13-15-17-19-23-52-46(49-4)50-5/h24-25,31-36H,6-23,26-30H2,1-5H3,(H2,48,60)(H,51,64)(H,53,66)(H,54,61)(H,55,62)(H,56,63)(H,57,68)(H,58,65)(H2,49,50,52)/b25-24-. The number of guanidine groups is 1. The molecule has 0 aromatic heterocycles. The highest BCUT2D eigenvalue weighted by Crippen LogP contribution is 2.27.